The van der Waals surface area contributed by atoms with Crippen LogP contribution in [0.1, 0.15) is 12.0 Å². The second-order valence-corrected chi connectivity index (χ2v) is 4.09. The number of hydrogen-bond acceptors (Lipinski definition) is 3. The van der Waals surface area contributed by atoms with Gasteiger partial charge in [-0.25, -0.2) is 0 Å². The van der Waals surface area contributed by atoms with Crippen LogP contribution in [0.15, 0.2) is 24.3 Å². The first-order valence-electron chi connectivity index (χ1n) is 5.35. The lowest BCUT2D eigenvalue weighted by Gasteiger charge is -2.16. The van der Waals surface area contributed by atoms with Crippen LogP contribution in [0.2, 0.25) is 0 Å². The van der Waals surface area contributed by atoms with E-state index in [4.69, 9.17) is 10.5 Å². The maximum atomic E-state index is 11.5. The van der Waals surface area contributed by atoms with Gasteiger partial charge in [0.1, 0.15) is 5.75 Å². The van der Waals surface area contributed by atoms with Crippen molar-refractivity contribution in [3.05, 3.63) is 29.8 Å². The predicted molar refractivity (Wildman–Crippen MR) is 61.0 cm³/mol. The van der Waals surface area contributed by atoms with E-state index in [1.165, 1.54) is 0 Å². The van der Waals surface area contributed by atoms with Crippen LogP contribution >= 0.6 is 0 Å². The first-order chi connectivity index (χ1) is 7.69. The van der Waals surface area contributed by atoms with E-state index in [9.17, 15) is 4.79 Å². The molecule has 1 aromatic rings. The molecule has 2 N–H and O–H groups in total. The zero-order valence-corrected chi connectivity index (χ0v) is 9.35. The van der Waals surface area contributed by atoms with E-state index in [-0.39, 0.29) is 11.9 Å². The van der Waals surface area contributed by atoms with Crippen LogP contribution in [-0.2, 0) is 11.3 Å². The van der Waals surface area contributed by atoms with Gasteiger partial charge in [0.25, 0.3) is 0 Å². The highest BCUT2D eigenvalue weighted by molar-refractivity contribution is 5.79. The van der Waals surface area contributed by atoms with E-state index in [2.05, 4.69) is 0 Å². The van der Waals surface area contributed by atoms with Gasteiger partial charge in [0.05, 0.1) is 7.11 Å². The van der Waals surface area contributed by atoms with E-state index in [1.54, 1.807) is 12.0 Å². The standard InChI is InChI=1S/C12H16N2O2/c1-16-11-4-2-9(3-5-11)7-14-8-10(13)6-12(14)15/h2-5,10H,6-8,13H2,1H3/t10-/m0/s1. The summed E-state index contributed by atoms with van der Waals surface area (Å²) >= 11 is 0. The highest BCUT2D eigenvalue weighted by Crippen LogP contribution is 2.16. The van der Waals surface area contributed by atoms with Gasteiger partial charge in [0.2, 0.25) is 5.91 Å². The Hall–Kier alpha value is -1.55. The molecule has 1 atom stereocenters. The van der Waals surface area contributed by atoms with Crippen LogP contribution < -0.4 is 10.5 Å². The molecular formula is C12H16N2O2. The summed E-state index contributed by atoms with van der Waals surface area (Å²) in [7, 11) is 1.64. The molecule has 1 aliphatic heterocycles. The van der Waals surface area contributed by atoms with Crippen LogP contribution in [0.25, 0.3) is 0 Å². The van der Waals surface area contributed by atoms with Gasteiger partial charge in [-0.05, 0) is 17.7 Å². The van der Waals surface area contributed by atoms with E-state index < -0.39 is 0 Å². The summed E-state index contributed by atoms with van der Waals surface area (Å²) < 4.78 is 5.08. The van der Waals surface area contributed by atoms with Gasteiger partial charge in [-0.1, -0.05) is 12.1 Å². The summed E-state index contributed by atoms with van der Waals surface area (Å²) in [4.78, 5) is 13.3. The normalized spacial score (nSPS) is 20.2. The molecule has 2 rings (SSSR count). The number of carbonyl (C=O) groups excluding carboxylic acids is 1. The van der Waals surface area contributed by atoms with Crippen molar-refractivity contribution >= 4 is 5.91 Å². The quantitative estimate of drug-likeness (QED) is 0.818. The largest absolute Gasteiger partial charge is 0.497 e. The first-order valence-corrected chi connectivity index (χ1v) is 5.35. The molecular weight excluding hydrogens is 204 g/mol. The molecule has 0 spiro atoms. The second kappa shape index (κ2) is 4.53. The zero-order valence-electron chi connectivity index (χ0n) is 9.35. The Kier molecular flexibility index (Phi) is 3.10. The number of nitrogens with two attached hydrogens (primary N) is 1. The number of likely N-dealkylation sites (tertiary alicyclic amines) is 1. The topological polar surface area (TPSA) is 55.6 Å². The molecule has 1 fully saturated rings. The molecule has 0 saturated carbocycles. The molecule has 16 heavy (non-hydrogen) atoms. The number of rotatable bonds is 3. The first kappa shape index (κ1) is 11.0. The smallest absolute Gasteiger partial charge is 0.224 e. The number of amides is 1. The number of benzene rings is 1. The molecule has 1 aromatic carbocycles. The highest BCUT2D eigenvalue weighted by Gasteiger charge is 2.26. The molecule has 1 amide bonds. The summed E-state index contributed by atoms with van der Waals surface area (Å²) in [6.07, 6.45) is 0.468. The Balaban J connectivity index is 2.01. The Morgan fingerprint density at radius 1 is 1.44 bits per heavy atom. The van der Waals surface area contributed by atoms with E-state index in [0.717, 1.165) is 11.3 Å². The summed E-state index contributed by atoms with van der Waals surface area (Å²) in [5.74, 6) is 0.969. The lowest BCUT2D eigenvalue weighted by atomic mass is 10.2. The third-order valence-electron chi connectivity index (χ3n) is 2.78. The molecule has 1 aliphatic rings. The zero-order chi connectivity index (χ0) is 11.5. The van der Waals surface area contributed by atoms with Crippen molar-refractivity contribution in [1.82, 2.24) is 4.90 Å². The number of hydrogen-bond donors (Lipinski definition) is 1. The summed E-state index contributed by atoms with van der Waals surface area (Å²) in [6, 6.07) is 7.73. The van der Waals surface area contributed by atoms with Crippen molar-refractivity contribution in [2.45, 2.75) is 19.0 Å². The third kappa shape index (κ3) is 2.33. The number of methoxy groups -OCH3 is 1. The average molecular weight is 220 g/mol. The minimum Gasteiger partial charge on any atom is -0.497 e. The highest BCUT2D eigenvalue weighted by atomic mass is 16.5. The minimum absolute atomic E-state index is 0.00857. The predicted octanol–water partition coefficient (Wildman–Crippen LogP) is 0.755. The van der Waals surface area contributed by atoms with E-state index in [0.29, 0.717) is 19.5 Å². The van der Waals surface area contributed by atoms with Gasteiger partial charge in [-0.15, -0.1) is 0 Å². The Labute approximate surface area is 95.0 Å². The Bertz CT molecular complexity index is 375. The summed E-state index contributed by atoms with van der Waals surface area (Å²) in [6.45, 7) is 1.29. The van der Waals surface area contributed by atoms with Crippen molar-refractivity contribution in [2.24, 2.45) is 5.73 Å². The lowest BCUT2D eigenvalue weighted by Crippen LogP contribution is -2.27. The fraction of sp³-hybridized carbons (Fsp3) is 0.417. The van der Waals surface area contributed by atoms with Crippen LogP contribution in [0.5, 0.6) is 5.75 Å². The lowest BCUT2D eigenvalue weighted by molar-refractivity contribution is -0.128. The molecule has 0 aromatic heterocycles. The molecule has 4 nitrogen and oxygen atoms in total. The molecule has 0 aliphatic carbocycles. The van der Waals surface area contributed by atoms with Gasteiger partial charge in [-0.2, -0.15) is 0 Å². The SMILES string of the molecule is COc1ccc(CN2C[C@@H](N)CC2=O)cc1. The van der Waals surface area contributed by atoms with Crippen molar-refractivity contribution in [3.63, 3.8) is 0 Å². The maximum Gasteiger partial charge on any atom is 0.224 e. The molecule has 1 saturated heterocycles. The fourth-order valence-electron chi connectivity index (χ4n) is 1.91. The minimum atomic E-state index is -0.00857. The Morgan fingerprint density at radius 3 is 2.62 bits per heavy atom. The summed E-state index contributed by atoms with van der Waals surface area (Å²) in [5, 5.41) is 0. The van der Waals surface area contributed by atoms with Gasteiger partial charge < -0.3 is 15.4 Å². The van der Waals surface area contributed by atoms with Crippen molar-refractivity contribution in [1.29, 1.82) is 0 Å². The fourth-order valence-corrected chi connectivity index (χ4v) is 1.91. The monoisotopic (exact) mass is 220 g/mol. The molecule has 4 heteroatoms. The van der Waals surface area contributed by atoms with E-state index in [1.807, 2.05) is 24.3 Å². The third-order valence-corrected chi connectivity index (χ3v) is 2.78. The molecule has 1 heterocycles. The van der Waals surface area contributed by atoms with Crippen molar-refractivity contribution < 1.29 is 9.53 Å². The van der Waals surface area contributed by atoms with E-state index >= 15 is 0 Å². The van der Waals surface area contributed by atoms with Crippen molar-refractivity contribution in [3.8, 4) is 5.75 Å². The van der Waals surface area contributed by atoms with Gasteiger partial charge in [0, 0.05) is 25.6 Å². The number of nitrogens with zero attached hydrogens (tertiary/aromatic N) is 1. The van der Waals surface area contributed by atoms with Crippen LogP contribution in [0.3, 0.4) is 0 Å². The van der Waals surface area contributed by atoms with Crippen LogP contribution in [0.4, 0.5) is 0 Å². The summed E-state index contributed by atoms with van der Waals surface area (Å²) in [5.41, 5.74) is 6.83. The molecule has 0 radical (unpaired) electrons. The second-order valence-electron chi connectivity index (χ2n) is 4.09. The van der Waals surface area contributed by atoms with Crippen LogP contribution in [-0.4, -0.2) is 30.5 Å². The van der Waals surface area contributed by atoms with Crippen LogP contribution in [0, 0.1) is 0 Å². The molecule has 86 valence electrons. The number of ether oxygens (including phenoxy) is 1. The number of carbonyl (C=O) groups is 1. The average Bonchev–Trinajstić information content (AvgIpc) is 2.59. The molecule has 0 unspecified atom stereocenters. The Morgan fingerprint density at radius 2 is 2.12 bits per heavy atom. The van der Waals surface area contributed by atoms with Gasteiger partial charge in [-0.3, -0.25) is 4.79 Å². The van der Waals surface area contributed by atoms with Gasteiger partial charge >= 0.3 is 0 Å². The molecule has 0 bridgehead atoms. The van der Waals surface area contributed by atoms with Gasteiger partial charge in [0.15, 0.2) is 0 Å². The maximum absolute atomic E-state index is 11.5. The van der Waals surface area contributed by atoms with Crippen molar-refractivity contribution in [2.75, 3.05) is 13.7 Å².